The number of urea groups is 1. The van der Waals surface area contributed by atoms with Crippen molar-refractivity contribution in [2.24, 2.45) is 0 Å². The maximum atomic E-state index is 13.5. The van der Waals surface area contributed by atoms with Crippen LogP contribution >= 0.6 is 11.6 Å². The van der Waals surface area contributed by atoms with Crippen molar-refractivity contribution in [3.63, 3.8) is 0 Å². The molecule has 34 heavy (non-hydrogen) atoms. The van der Waals surface area contributed by atoms with Crippen LogP contribution in [0.2, 0.25) is 5.02 Å². The summed E-state index contributed by atoms with van der Waals surface area (Å²) in [5.74, 6) is 1.16. The van der Waals surface area contributed by atoms with E-state index in [0.717, 1.165) is 5.56 Å². The lowest BCUT2D eigenvalue weighted by molar-refractivity contribution is 0.156. The van der Waals surface area contributed by atoms with Gasteiger partial charge in [0, 0.05) is 18.1 Å². The molecule has 0 aliphatic heterocycles. The Hall–Kier alpha value is -3.58. The van der Waals surface area contributed by atoms with E-state index in [1.807, 2.05) is 50.2 Å². The summed E-state index contributed by atoms with van der Waals surface area (Å²) < 4.78 is 7.17. The second-order valence-electron chi connectivity index (χ2n) is 7.96. The predicted octanol–water partition coefficient (Wildman–Crippen LogP) is 5.53. The Bertz CT molecular complexity index is 1320. The molecule has 2 aromatic heterocycles. The van der Waals surface area contributed by atoms with Crippen molar-refractivity contribution in [3.05, 3.63) is 99.5 Å². The normalized spacial score (nSPS) is 12.0. The van der Waals surface area contributed by atoms with Crippen LogP contribution in [0, 0.1) is 0 Å². The molecule has 0 bridgehead atoms. The number of carbonyl (C=O) groups excluding carboxylic acids is 1. The number of nitrogens with one attached hydrogen (secondary N) is 1. The number of carbonyl (C=O) groups is 1. The van der Waals surface area contributed by atoms with E-state index < -0.39 is 6.04 Å². The topological polar surface area (TPSA) is 80.4 Å². The van der Waals surface area contributed by atoms with Crippen molar-refractivity contribution >= 4 is 28.5 Å². The van der Waals surface area contributed by atoms with Crippen LogP contribution < -0.4 is 10.9 Å². The Kier molecular flexibility index (Phi) is 7.33. The zero-order valence-electron chi connectivity index (χ0n) is 19.2. The average molecular weight is 479 g/mol. The molecule has 2 heterocycles. The number of benzene rings is 2. The third kappa shape index (κ3) is 4.99. The molecule has 2 aromatic carbocycles. The number of halogens is 1. The maximum absolute atomic E-state index is 13.5. The van der Waals surface area contributed by atoms with Gasteiger partial charge in [-0.2, -0.15) is 0 Å². The van der Waals surface area contributed by atoms with Crippen LogP contribution in [0.5, 0.6) is 0 Å². The smallest absolute Gasteiger partial charge is 0.318 e. The monoisotopic (exact) mass is 478 g/mol. The number of amides is 2. The average Bonchev–Trinajstić information content (AvgIpc) is 3.36. The first kappa shape index (κ1) is 23.6. The van der Waals surface area contributed by atoms with Crippen molar-refractivity contribution in [1.82, 2.24) is 19.8 Å². The summed E-state index contributed by atoms with van der Waals surface area (Å²) >= 11 is 6.18. The third-order valence-corrected chi connectivity index (χ3v) is 6.01. The SMILES string of the molecule is CCC(c1nc2cc(Cl)ccc2c(=O)n1CC)N(Cc1ccco1)C(=O)NCc1ccccc1. The van der Waals surface area contributed by atoms with Crippen LogP contribution in [0.1, 0.15) is 43.5 Å². The van der Waals surface area contributed by atoms with Gasteiger partial charge in [-0.3, -0.25) is 9.36 Å². The van der Waals surface area contributed by atoms with Gasteiger partial charge in [0.05, 0.1) is 29.8 Å². The Morgan fingerprint density at radius 2 is 1.94 bits per heavy atom. The van der Waals surface area contributed by atoms with E-state index in [1.54, 1.807) is 40.0 Å². The fraction of sp³-hybridized carbons (Fsp3) is 0.269. The molecule has 1 N–H and O–H groups in total. The summed E-state index contributed by atoms with van der Waals surface area (Å²) in [6.07, 6.45) is 2.13. The minimum absolute atomic E-state index is 0.153. The second-order valence-corrected chi connectivity index (χ2v) is 8.39. The highest BCUT2D eigenvalue weighted by molar-refractivity contribution is 6.31. The molecule has 176 valence electrons. The van der Waals surface area contributed by atoms with Crippen molar-refractivity contribution < 1.29 is 9.21 Å². The summed E-state index contributed by atoms with van der Waals surface area (Å²) in [5, 5.41) is 4.00. The molecule has 0 spiro atoms. The van der Waals surface area contributed by atoms with E-state index >= 15 is 0 Å². The van der Waals surface area contributed by atoms with Gasteiger partial charge in [-0.15, -0.1) is 0 Å². The summed E-state index contributed by atoms with van der Waals surface area (Å²) in [5.41, 5.74) is 1.35. The molecule has 4 aromatic rings. The van der Waals surface area contributed by atoms with E-state index in [0.29, 0.717) is 47.0 Å². The first-order chi connectivity index (χ1) is 16.5. The second kappa shape index (κ2) is 10.6. The van der Waals surface area contributed by atoms with Gasteiger partial charge in [-0.25, -0.2) is 9.78 Å². The van der Waals surface area contributed by atoms with Gasteiger partial charge >= 0.3 is 6.03 Å². The van der Waals surface area contributed by atoms with Crippen molar-refractivity contribution in [1.29, 1.82) is 0 Å². The highest BCUT2D eigenvalue weighted by Crippen LogP contribution is 2.27. The minimum Gasteiger partial charge on any atom is -0.467 e. The van der Waals surface area contributed by atoms with Crippen LogP contribution in [-0.2, 0) is 19.6 Å². The lowest BCUT2D eigenvalue weighted by Gasteiger charge is -2.31. The Morgan fingerprint density at radius 1 is 1.15 bits per heavy atom. The van der Waals surface area contributed by atoms with Gasteiger partial charge in [0.1, 0.15) is 11.6 Å². The van der Waals surface area contributed by atoms with Crippen molar-refractivity contribution in [3.8, 4) is 0 Å². The first-order valence-corrected chi connectivity index (χ1v) is 11.7. The third-order valence-electron chi connectivity index (χ3n) is 5.78. The van der Waals surface area contributed by atoms with Crippen LogP contribution in [0.15, 0.2) is 76.1 Å². The van der Waals surface area contributed by atoms with Crippen LogP contribution in [0.4, 0.5) is 4.79 Å². The number of furan rings is 1. The zero-order valence-corrected chi connectivity index (χ0v) is 20.0. The number of hydrogen-bond acceptors (Lipinski definition) is 4. The largest absolute Gasteiger partial charge is 0.467 e. The standard InChI is InChI=1S/C26H27ClN4O3/c1-3-23(24-29-22-15-19(27)12-13-21(22)25(32)30(24)4-2)31(17-20-11-8-14-34-20)26(33)28-16-18-9-6-5-7-10-18/h5-15,23H,3-4,16-17H2,1-2H3,(H,28,33). The van der Waals surface area contributed by atoms with Crippen LogP contribution in [0.25, 0.3) is 10.9 Å². The number of rotatable bonds is 8. The van der Waals surface area contributed by atoms with E-state index in [-0.39, 0.29) is 18.1 Å². The van der Waals surface area contributed by atoms with Crippen LogP contribution in [-0.4, -0.2) is 20.5 Å². The van der Waals surface area contributed by atoms with Gasteiger partial charge in [-0.05, 0) is 49.2 Å². The van der Waals surface area contributed by atoms with Crippen molar-refractivity contribution in [2.75, 3.05) is 0 Å². The predicted molar refractivity (Wildman–Crippen MR) is 133 cm³/mol. The first-order valence-electron chi connectivity index (χ1n) is 11.3. The van der Waals surface area contributed by atoms with Crippen molar-refractivity contribution in [2.45, 2.75) is 45.9 Å². The fourth-order valence-electron chi connectivity index (χ4n) is 4.08. The molecule has 0 fully saturated rings. The summed E-state index contributed by atoms with van der Waals surface area (Å²) in [7, 11) is 0. The summed E-state index contributed by atoms with van der Waals surface area (Å²) in [4.78, 5) is 33.2. The van der Waals surface area contributed by atoms with E-state index in [1.165, 1.54) is 0 Å². The summed E-state index contributed by atoms with van der Waals surface area (Å²) in [6, 6.07) is 17.6. The Labute approximate surface area is 203 Å². The quantitative estimate of drug-likeness (QED) is 0.361. The lowest BCUT2D eigenvalue weighted by Crippen LogP contribution is -2.43. The highest BCUT2D eigenvalue weighted by atomic mass is 35.5. The molecule has 0 radical (unpaired) electrons. The molecule has 7 nitrogen and oxygen atoms in total. The van der Waals surface area contributed by atoms with Crippen LogP contribution in [0.3, 0.4) is 0 Å². The maximum Gasteiger partial charge on any atom is 0.318 e. The Balaban J connectivity index is 1.75. The molecular formula is C26H27ClN4O3. The molecule has 1 unspecified atom stereocenters. The lowest BCUT2D eigenvalue weighted by atomic mass is 10.1. The number of hydrogen-bond donors (Lipinski definition) is 1. The molecule has 0 saturated heterocycles. The van der Waals surface area contributed by atoms with Gasteiger partial charge in [0.15, 0.2) is 0 Å². The number of nitrogens with zero attached hydrogens (tertiary/aromatic N) is 3. The zero-order chi connectivity index (χ0) is 24.1. The van der Waals surface area contributed by atoms with Gasteiger partial charge < -0.3 is 14.6 Å². The Morgan fingerprint density at radius 3 is 2.62 bits per heavy atom. The molecule has 2 amide bonds. The fourth-order valence-corrected chi connectivity index (χ4v) is 4.25. The number of aromatic nitrogens is 2. The van der Waals surface area contributed by atoms with E-state index in [9.17, 15) is 9.59 Å². The number of fused-ring (bicyclic) bond motifs is 1. The minimum atomic E-state index is -0.461. The molecular weight excluding hydrogens is 452 g/mol. The molecule has 0 aliphatic carbocycles. The van der Waals surface area contributed by atoms with Gasteiger partial charge in [-0.1, -0.05) is 48.9 Å². The van der Waals surface area contributed by atoms with E-state index in [2.05, 4.69) is 5.32 Å². The highest BCUT2D eigenvalue weighted by Gasteiger charge is 2.29. The summed E-state index contributed by atoms with van der Waals surface area (Å²) in [6.45, 7) is 4.91. The molecule has 8 heteroatoms. The molecule has 4 rings (SSSR count). The molecule has 0 saturated carbocycles. The molecule has 0 aliphatic rings. The molecule has 1 atom stereocenters. The van der Waals surface area contributed by atoms with Gasteiger partial charge in [0.25, 0.3) is 5.56 Å². The van der Waals surface area contributed by atoms with E-state index in [4.69, 9.17) is 21.0 Å². The van der Waals surface area contributed by atoms with Gasteiger partial charge in [0.2, 0.25) is 0 Å².